The Morgan fingerprint density at radius 3 is 3.05 bits per heavy atom. The van der Waals surface area contributed by atoms with E-state index in [4.69, 9.17) is 9.47 Å². The first-order valence-corrected chi connectivity index (χ1v) is 7.55. The van der Waals surface area contributed by atoms with E-state index in [2.05, 4.69) is 15.2 Å². The highest BCUT2D eigenvalue weighted by Gasteiger charge is 2.26. The zero-order valence-electron chi connectivity index (χ0n) is 12.4. The summed E-state index contributed by atoms with van der Waals surface area (Å²) >= 11 is 0. The van der Waals surface area contributed by atoms with Gasteiger partial charge in [0.05, 0.1) is 25.7 Å². The molecule has 1 N–H and O–H groups in total. The van der Waals surface area contributed by atoms with Gasteiger partial charge in [0.15, 0.2) is 5.82 Å². The van der Waals surface area contributed by atoms with Crippen molar-refractivity contribution in [3.63, 3.8) is 0 Å². The number of carbonyl (C=O) groups is 1. The van der Waals surface area contributed by atoms with Crippen molar-refractivity contribution in [2.24, 2.45) is 5.92 Å². The first kappa shape index (κ1) is 14.5. The topological polar surface area (TPSA) is 80.3 Å². The van der Waals surface area contributed by atoms with Crippen LogP contribution in [0.4, 0.5) is 0 Å². The van der Waals surface area contributed by atoms with Crippen molar-refractivity contribution in [2.45, 2.75) is 32.3 Å². The van der Waals surface area contributed by atoms with Gasteiger partial charge in [0.1, 0.15) is 5.82 Å². The molecule has 116 valence electrons. The third-order valence-corrected chi connectivity index (χ3v) is 3.80. The number of aromatic amines is 1. The maximum absolute atomic E-state index is 12.3. The smallest absolute Gasteiger partial charge is 0.230 e. The van der Waals surface area contributed by atoms with Crippen LogP contribution in [0.3, 0.4) is 0 Å². The fourth-order valence-electron chi connectivity index (χ4n) is 2.41. The summed E-state index contributed by atoms with van der Waals surface area (Å²) in [6.07, 6.45) is 2.79. The molecule has 1 atom stereocenters. The summed E-state index contributed by atoms with van der Waals surface area (Å²) in [5.41, 5.74) is 0. The SMILES string of the molecule is Cc1nc(CC(=O)N2CCOC(COCC3CC3)C2)n[nH]1. The number of hydrogen-bond acceptors (Lipinski definition) is 5. The van der Waals surface area contributed by atoms with Crippen molar-refractivity contribution in [3.05, 3.63) is 11.6 Å². The lowest BCUT2D eigenvalue weighted by molar-refractivity contribution is -0.140. The Balaban J connectivity index is 1.44. The van der Waals surface area contributed by atoms with Crippen LogP contribution in [0.5, 0.6) is 0 Å². The number of nitrogens with zero attached hydrogens (tertiary/aromatic N) is 3. The average molecular weight is 294 g/mol. The van der Waals surface area contributed by atoms with Crippen LogP contribution in [-0.2, 0) is 20.7 Å². The molecule has 1 amide bonds. The molecule has 7 nitrogen and oxygen atoms in total. The van der Waals surface area contributed by atoms with Crippen LogP contribution >= 0.6 is 0 Å². The van der Waals surface area contributed by atoms with E-state index >= 15 is 0 Å². The molecule has 21 heavy (non-hydrogen) atoms. The fourth-order valence-corrected chi connectivity index (χ4v) is 2.41. The largest absolute Gasteiger partial charge is 0.378 e. The Bertz CT molecular complexity index is 486. The Morgan fingerprint density at radius 1 is 1.48 bits per heavy atom. The van der Waals surface area contributed by atoms with Crippen molar-refractivity contribution < 1.29 is 14.3 Å². The zero-order chi connectivity index (χ0) is 14.7. The van der Waals surface area contributed by atoms with Crippen LogP contribution in [0.1, 0.15) is 24.5 Å². The van der Waals surface area contributed by atoms with Crippen LogP contribution in [0.2, 0.25) is 0 Å². The van der Waals surface area contributed by atoms with Gasteiger partial charge >= 0.3 is 0 Å². The van der Waals surface area contributed by atoms with E-state index in [1.54, 1.807) is 0 Å². The summed E-state index contributed by atoms with van der Waals surface area (Å²) in [5.74, 6) is 2.07. The highest BCUT2D eigenvalue weighted by atomic mass is 16.5. The summed E-state index contributed by atoms with van der Waals surface area (Å²) in [6, 6.07) is 0. The number of amides is 1. The summed E-state index contributed by atoms with van der Waals surface area (Å²) in [4.78, 5) is 18.2. The van der Waals surface area contributed by atoms with Gasteiger partial charge in [-0.25, -0.2) is 4.98 Å². The minimum Gasteiger partial charge on any atom is -0.378 e. The number of nitrogens with one attached hydrogen (secondary N) is 1. The quantitative estimate of drug-likeness (QED) is 0.816. The lowest BCUT2D eigenvalue weighted by Gasteiger charge is -2.32. The monoisotopic (exact) mass is 294 g/mol. The number of hydrogen-bond donors (Lipinski definition) is 1. The van der Waals surface area contributed by atoms with E-state index in [0.29, 0.717) is 32.1 Å². The molecule has 1 unspecified atom stereocenters. The van der Waals surface area contributed by atoms with Crippen LogP contribution in [-0.4, -0.2) is 65.0 Å². The van der Waals surface area contributed by atoms with Gasteiger partial charge in [0.2, 0.25) is 5.91 Å². The number of aryl methyl sites for hydroxylation is 1. The van der Waals surface area contributed by atoms with E-state index in [1.807, 2.05) is 11.8 Å². The minimum absolute atomic E-state index is 0.0182. The molecule has 0 radical (unpaired) electrons. The molecule has 0 bridgehead atoms. The van der Waals surface area contributed by atoms with Crippen LogP contribution in [0.15, 0.2) is 0 Å². The third-order valence-electron chi connectivity index (χ3n) is 3.80. The fraction of sp³-hybridized carbons (Fsp3) is 0.786. The van der Waals surface area contributed by atoms with E-state index in [-0.39, 0.29) is 18.4 Å². The average Bonchev–Trinajstić information content (AvgIpc) is 3.21. The third kappa shape index (κ3) is 4.25. The van der Waals surface area contributed by atoms with E-state index in [0.717, 1.165) is 18.3 Å². The highest BCUT2D eigenvalue weighted by Crippen LogP contribution is 2.28. The molecule has 7 heteroatoms. The molecule has 1 aromatic heterocycles. The number of H-pyrrole nitrogens is 1. The molecule has 2 aliphatic rings. The van der Waals surface area contributed by atoms with Gasteiger partial charge in [-0.15, -0.1) is 0 Å². The highest BCUT2D eigenvalue weighted by molar-refractivity contribution is 5.78. The first-order chi connectivity index (χ1) is 10.2. The zero-order valence-corrected chi connectivity index (χ0v) is 12.4. The second-order valence-electron chi connectivity index (χ2n) is 5.83. The van der Waals surface area contributed by atoms with E-state index in [1.165, 1.54) is 12.8 Å². The maximum Gasteiger partial charge on any atom is 0.230 e. The predicted molar refractivity (Wildman–Crippen MR) is 74.7 cm³/mol. The lowest BCUT2D eigenvalue weighted by Crippen LogP contribution is -2.47. The molecule has 0 aromatic carbocycles. The van der Waals surface area contributed by atoms with Gasteiger partial charge in [0, 0.05) is 19.7 Å². The van der Waals surface area contributed by atoms with Crippen LogP contribution < -0.4 is 0 Å². The molecule has 3 rings (SSSR count). The minimum atomic E-state index is -0.0182. The standard InChI is InChI=1S/C14H22N4O3/c1-10-15-13(17-16-10)6-14(19)18-4-5-21-12(7-18)9-20-8-11-2-3-11/h11-12H,2-9H2,1H3,(H,15,16,17). The summed E-state index contributed by atoms with van der Waals surface area (Å²) < 4.78 is 11.3. The van der Waals surface area contributed by atoms with Crippen molar-refractivity contribution in [2.75, 3.05) is 32.9 Å². The van der Waals surface area contributed by atoms with E-state index < -0.39 is 0 Å². The van der Waals surface area contributed by atoms with Gasteiger partial charge in [0.25, 0.3) is 0 Å². The Hall–Kier alpha value is -1.47. The maximum atomic E-state index is 12.3. The lowest BCUT2D eigenvalue weighted by atomic mass is 10.2. The Morgan fingerprint density at radius 2 is 2.33 bits per heavy atom. The van der Waals surface area contributed by atoms with Gasteiger partial charge in [-0.1, -0.05) is 0 Å². The predicted octanol–water partition coefficient (Wildman–Crippen LogP) is 0.310. The molecule has 1 aliphatic carbocycles. The molecule has 1 saturated carbocycles. The van der Waals surface area contributed by atoms with Crippen LogP contribution in [0, 0.1) is 12.8 Å². The van der Waals surface area contributed by atoms with Crippen molar-refractivity contribution >= 4 is 5.91 Å². The summed E-state index contributed by atoms with van der Waals surface area (Å²) in [6.45, 7) is 5.00. The number of ether oxygens (including phenoxy) is 2. The molecule has 0 spiro atoms. The molecular formula is C14H22N4O3. The second kappa shape index (κ2) is 6.53. The Labute approximate surface area is 124 Å². The second-order valence-corrected chi connectivity index (χ2v) is 5.83. The normalized spacial score (nSPS) is 22.5. The number of aromatic nitrogens is 3. The van der Waals surface area contributed by atoms with Crippen molar-refractivity contribution in [1.82, 2.24) is 20.1 Å². The molecule has 1 aliphatic heterocycles. The molecule has 1 aromatic rings. The Kier molecular flexibility index (Phi) is 4.50. The number of rotatable bonds is 6. The van der Waals surface area contributed by atoms with Crippen molar-refractivity contribution in [1.29, 1.82) is 0 Å². The molecule has 2 fully saturated rings. The van der Waals surface area contributed by atoms with Gasteiger partial charge < -0.3 is 14.4 Å². The number of carbonyl (C=O) groups excluding carboxylic acids is 1. The molecular weight excluding hydrogens is 272 g/mol. The van der Waals surface area contributed by atoms with Gasteiger partial charge in [-0.2, -0.15) is 5.10 Å². The van der Waals surface area contributed by atoms with Crippen LogP contribution in [0.25, 0.3) is 0 Å². The summed E-state index contributed by atoms with van der Waals surface area (Å²) in [7, 11) is 0. The van der Waals surface area contributed by atoms with Crippen molar-refractivity contribution in [3.8, 4) is 0 Å². The molecule has 2 heterocycles. The first-order valence-electron chi connectivity index (χ1n) is 7.55. The van der Waals surface area contributed by atoms with Gasteiger partial charge in [-0.05, 0) is 25.7 Å². The summed E-state index contributed by atoms with van der Waals surface area (Å²) in [5, 5.41) is 6.76. The molecule has 1 saturated heterocycles. The van der Waals surface area contributed by atoms with Gasteiger partial charge in [-0.3, -0.25) is 9.89 Å². The number of morpholine rings is 1. The van der Waals surface area contributed by atoms with E-state index in [9.17, 15) is 4.79 Å².